The Bertz CT molecular complexity index is 1420. The zero-order valence-electron chi connectivity index (χ0n) is 37.4. The van der Waals surface area contributed by atoms with Crippen molar-refractivity contribution < 1.29 is 63.1 Å². The maximum absolute atomic E-state index is 12.6. The number of phosphoric acid groups is 1. The van der Waals surface area contributed by atoms with Crippen LogP contribution in [0.25, 0.3) is 0 Å². The van der Waals surface area contributed by atoms with Gasteiger partial charge in [0.2, 0.25) is 0 Å². The molecule has 1 fully saturated rings. The van der Waals surface area contributed by atoms with Crippen molar-refractivity contribution in [2.24, 2.45) is 11.8 Å². The minimum absolute atomic E-state index is 0.0114. The molecule has 0 spiro atoms. The van der Waals surface area contributed by atoms with E-state index in [-0.39, 0.29) is 24.7 Å². The predicted octanol–water partition coefficient (Wildman–Crippen LogP) is 8.60. The van der Waals surface area contributed by atoms with E-state index in [1.807, 2.05) is 24.3 Å². The second-order valence-electron chi connectivity index (χ2n) is 15.7. The van der Waals surface area contributed by atoms with Crippen LogP contribution in [0.1, 0.15) is 136 Å². The second kappa shape index (κ2) is 37.4. The van der Waals surface area contributed by atoms with Gasteiger partial charge in [-0.25, -0.2) is 4.57 Å². The van der Waals surface area contributed by atoms with E-state index in [2.05, 4.69) is 73.1 Å². The molecule has 0 radical (unpaired) electrons. The van der Waals surface area contributed by atoms with E-state index in [1.54, 1.807) is 6.08 Å². The van der Waals surface area contributed by atoms with E-state index < -0.39 is 76.7 Å². The van der Waals surface area contributed by atoms with Crippen molar-refractivity contribution in [1.29, 1.82) is 0 Å². The largest absolute Gasteiger partial charge is 0.472 e. The third kappa shape index (κ3) is 31.0. The van der Waals surface area contributed by atoms with Crippen LogP contribution in [-0.2, 0) is 32.7 Å². The number of hydrogen-bond acceptors (Lipinski definition) is 12. The van der Waals surface area contributed by atoms with E-state index in [9.17, 15) is 39.5 Å². The van der Waals surface area contributed by atoms with Gasteiger partial charge < -0.3 is 39.9 Å². The lowest BCUT2D eigenvalue weighted by Gasteiger charge is -2.21. The van der Waals surface area contributed by atoms with Gasteiger partial charge in [0.15, 0.2) is 6.10 Å². The zero-order chi connectivity index (χ0) is 45.7. The number of aliphatic hydroxyl groups is 5. The minimum Gasteiger partial charge on any atom is -0.462 e. The van der Waals surface area contributed by atoms with Crippen LogP contribution in [0.2, 0.25) is 0 Å². The Balaban J connectivity index is 2.48. The number of hydrogen-bond donors (Lipinski definition) is 6. The fourth-order valence-electron chi connectivity index (χ4n) is 6.64. The molecule has 1 saturated carbocycles. The van der Waals surface area contributed by atoms with Gasteiger partial charge >= 0.3 is 19.8 Å². The van der Waals surface area contributed by atoms with Gasteiger partial charge in [-0.3, -0.25) is 18.6 Å². The summed E-state index contributed by atoms with van der Waals surface area (Å²) in [5.41, 5.74) is 0. The minimum atomic E-state index is -4.70. The Morgan fingerprint density at radius 2 is 1.27 bits per heavy atom. The third-order valence-corrected chi connectivity index (χ3v) is 11.1. The molecule has 0 heterocycles. The topological polar surface area (TPSA) is 210 Å². The molecule has 1 unspecified atom stereocenters. The van der Waals surface area contributed by atoms with Gasteiger partial charge in [-0.1, -0.05) is 137 Å². The summed E-state index contributed by atoms with van der Waals surface area (Å²) in [5, 5.41) is 49.8. The number of aliphatic hydroxyl groups excluding tert-OH is 5. The lowest BCUT2D eigenvalue weighted by molar-refractivity contribution is -0.161. The molecule has 1 aliphatic carbocycles. The number of carbonyl (C=O) groups excluding carboxylic acids is 2. The molecule has 0 aliphatic heterocycles. The molecule has 0 aromatic carbocycles. The van der Waals surface area contributed by atoms with Gasteiger partial charge in [-0.2, -0.15) is 0 Å². The van der Waals surface area contributed by atoms with E-state index in [4.69, 9.17) is 19.1 Å². The van der Waals surface area contributed by atoms with E-state index in [0.717, 1.165) is 70.6 Å². The molecule has 0 aromatic heterocycles. The van der Waals surface area contributed by atoms with Crippen LogP contribution < -0.4 is 0 Å². The lowest BCUT2D eigenvalue weighted by Crippen LogP contribution is -2.29. The van der Waals surface area contributed by atoms with Crippen molar-refractivity contribution in [3.05, 3.63) is 85.1 Å². The molecule has 62 heavy (non-hydrogen) atoms. The Morgan fingerprint density at radius 3 is 1.87 bits per heavy atom. The van der Waals surface area contributed by atoms with Gasteiger partial charge in [0.1, 0.15) is 12.7 Å². The molecule has 8 atom stereocenters. The fourth-order valence-corrected chi connectivity index (χ4v) is 7.43. The van der Waals surface area contributed by atoms with Crippen LogP contribution in [0.3, 0.4) is 0 Å². The molecule has 14 heteroatoms. The van der Waals surface area contributed by atoms with Gasteiger partial charge in [-0.05, 0) is 70.1 Å². The maximum Gasteiger partial charge on any atom is 0.472 e. The normalized spacial score (nSPS) is 21.1. The highest BCUT2D eigenvalue weighted by Gasteiger charge is 2.39. The number of unbranched alkanes of at least 4 members (excludes halogenated alkanes) is 5. The first-order chi connectivity index (χ1) is 29.9. The van der Waals surface area contributed by atoms with Crippen LogP contribution in [0.4, 0.5) is 0 Å². The van der Waals surface area contributed by atoms with E-state index >= 15 is 0 Å². The summed E-state index contributed by atoms with van der Waals surface area (Å²) in [6.45, 7) is 1.82. The van der Waals surface area contributed by atoms with Gasteiger partial charge in [0.25, 0.3) is 0 Å². The van der Waals surface area contributed by atoms with Gasteiger partial charge in [-0.15, -0.1) is 0 Å². The highest BCUT2D eigenvalue weighted by molar-refractivity contribution is 7.47. The van der Waals surface area contributed by atoms with Crippen molar-refractivity contribution in [3.8, 4) is 0 Å². The summed E-state index contributed by atoms with van der Waals surface area (Å²) < 4.78 is 32.7. The smallest absolute Gasteiger partial charge is 0.462 e. The molecule has 13 nitrogen and oxygen atoms in total. The Kier molecular flexibility index (Phi) is 34.4. The number of ether oxygens (including phenoxy) is 2. The molecule has 0 saturated heterocycles. The number of rotatable bonds is 37. The average molecular weight is 895 g/mol. The number of esters is 2. The van der Waals surface area contributed by atoms with Crippen LogP contribution >= 0.6 is 7.82 Å². The van der Waals surface area contributed by atoms with Crippen molar-refractivity contribution in [2.45, 2.75) is 166 Å². The highest BCUT2D eigenvalue weighted by atomic mass is 31.2. The quantitative estimate of drug-likeness (QED) is 0.0150. The van der Waals surface area contributed by atoms with Crippen LogP contribution in [0.5, 0.6) is 0 Å². The monoisotopic (exact) mass is 895 g/mol. The number of carbonyl (C=O) groups is 2. The van der Waals surface area contributed by atoms with Crippen LogP contribution in [0, 0.1) is 11.8 Å². The van der Waals surface area contributed by atoms with Crippen molar-refractivity contribution in [2.75, 3.05) is 26.4 Å². The maximum atomic E-state index is 12.6. The van der Waals surface area contributed by atoms with Crippen molar-refractivity contribution in [1.82, 2.24) is 0 Å². The van der Waals surface area contributed by atoms with Crippen LogP contribution in [-0.4, -0.2) is 99.3 Å². The summed E-state index contributed by atoms with van der Waals surface area (Å²) in [7, 11) is -4.70. The Hall–Kier alpha value is -2.97. The van der Waals surface area contributed by atoms with Crippen LogP contribution in [0.15, 0.2) is 85.1 Å². The summed E-state index contributed by atoms with van der Waals surface area (Å²) in [6.07, 6.45) is 37.7. The Morgan fingerprint density at radius 1 is 0.694 bits per heavy atom. The van der Waals surface area contributed by atoms with E-state index in [1.165, 1.54) is 0 Å². The molecule has 0 amide bonds. The standard InChI is InChI=1S/C48H79O13P/c1-3-5-7-8-9-10-11-12-13-14-15-16-17-18-19-20-21-22-28-32-48(55)61-42(39-60-62(56,57)59-37-41(51)36-49)38-58-47(54)31-27-24-23-26-30-43-44(46(53)35-45(43)52)34-33-40(50)29-25-6-4-2/h5,7,9-10,12-13,15-16,18-19,21-22,33-34,40-46,49-53H,3-4,6,8,11,14,17,20,23-32,35-39H2,1-2H3,(H,56,57)/b7-5-,10-9-,13-12-,16-15-,19-18-,22-21-,34-33+/t40-,41-,42+,43+,44+,45-,46+/m0/s1. The lowest BCUT2D eigenvalue weighted by atomic mass is 9.88. The molecule has 0 aromatic rings. The third-order valence-electron chi connectivity index (χ3n) is 10.1. The molecular formula is C48H79O13P. The fraction of sp³-hybridized carbons (Fsp3) is 0.667. The van der Waals surface area contributed by atoms with Crippen molar-refractivity contribution in [3.63, 3.8) is 0 Å². The summed E-state index contributed by atoms with van der Waals surface area (Å²) in [4.78, 5) is 35.2. The first kappa shape index (κ1) is 57.0. The molecule has 1 aliphatic rings. The number of phosphoric ester groups is 1. The Labute approximate surface area is 371 Å². The second-order valence-corrected chi connectivity index (χ2v) is 17.1. The molecule has 6 N–H and O–H groups in total. The SMILES string of the molecule is CC/C=C\C/C=C\C/C=C\C/C=C\C/C=C\C/C=C\CCC(=O)O[C@H](COC(=O)CCCCCC[C@@H]1[C@@H](/C=C/[C@@H](O)CCCCC)[C@H](O)C[C@@H]1O)COP(=O)(O)OC[C@@H](O)CO. The average Bonchev–Trinajstić information content (AvgIpc) is 3.52. The first-order valence-corrected chi connectivity index (χ1v) is 24.3. The summed E-state index contributed by atoms with van der Waals surface area (Å²) in [5.74, 6) is -1.50. The van der Waals surface area contributed by atoms with E-state index in [0.29, 0.717) is 38.5 Å². The van der Waals surface area contributed by atoms with Gasteiger partial charge in [0, 0.05) is 25.2 Å². The first-order valence-electron chi connectivity index (χ1n) is 22.8. The molecule has 1 rings (SSSR count). The van der Waals surface area contributed by atoms with Crippen molar-refractivity contribution >= 4 is 19.8 Å². The molecule has 0 bridgehead atoms. The predicted molar refractivity (Wildman–Crippen MR) is 244 cm³/mol. The highest BCUT2D eigenvalue weighted by Crippen LogP contribution is 2.43. The summed E-state index contributed by atoms with van der Waals surface area (Å²) in [6, 6.07) is 0. The van der Waals surface area contributed by atoms with Gasteiger partial charge in [0.05, 0.1) is 38.1 Å². The summed E-state index contributed by atoms with van der Waals surface area (Å²) >= 11 is 0. The molecular weight excluding hydrogens is 815 g/mol. The number of allylic oxidation sites excluding steroid dienone is 12. The zero-order valence-corrected chi connectivity index (χ0v) is 38.3. The molecule has 354 valence electrons.